The number of benzene rings is 1. The number of carbonyl (C=O) groups is 2. The summed E-state index contributed by atoms with van der Waals surface area (Å²) in [5, 5.41) is 1.01. The smallest absolute Gasteiger partial charge is 0.319 e. The van der Waals surface area contributed by atoms with Crippen molar-refractivity contribution < 1.29 is 14.3 Å². The lowest BCUT2D eigenvalue weighted by Gasteiger charge is -2.33. The average Bonchev–Trinajstić information content (AvgIpc) is 2.44. The molecule has 1 aliphatic rings. The monoisotopic (exact) mass is 328 g/mol. The van der Waals surface area contributed by atoms with Crippen LogP contribution < -0.4 is 0 Å². The highest BCUT2D eigenvalue weighted by atomic mass is 35.5. The number of esters is 1. The van der Waals surface area contributed by atoms with Crippen molar-refractivity contribution >= 4 is 35.0 Å². The van der Waals surface area contributed by atoms with E-state index in [1.54, 1.807) is 25.1 Å². The summed E-state index contributed by atoms with van der Waals surface area (Å²) in [6.07, 6.45) is 2.89. The maximum Gasteiger partial charge on any atom is 0.319 e. The Bertz CT molecular complexity index is 556. The molecule has 0 aliphatic heterocycles. The molecule has 114 valence electrons. The van der Waals surface area contributed by atoms with Gasteiger partial charge in [-0.25, -0.2) is 0 Å². The van der Waals surface area contributed by atoms with E-state index in [0.29, 0.717) is 22.9 Å². The van der Waals surface area contributed by atoms with Gasteiger partial charge in [0.25, 0.3) is 0 Å². The first-order valence-corrected chi connectivity index (χ1v) is 7.89. The molecule has 0 amide bonds. The molecule has 1 aromatic rings. The third kappa shape index (κ3) is 3.41. The topological polar surface area (TPSA) is 43.4 Å². The summed E-state index contributed by atoms with van der Waals surface area (Å²) in [5.74, 6) is -0.473. The van der Waals surface area contributed by atoms with Gasteiger partial charge in [-0.05, 0) is 43.9 Å². The van der Waals surface area contributed by atoms with Crippen LogP contribution in [0.1, 0.15) is 38.2 Å². The molecule has 0 aromatic heterocycles. The Kier molecular flexibility index (Phi) is 5.28. The van der Waals surface area contributed by atoms with Crippen molar-refractivity contribution in [2.24, 2.45) is 5.41 Å². The molecule has 1 saturated carbocycles. The third-order valence-corrected chi connectivity index (χ3v) is 4.55. The molecule has 21 heavy (non-hydrogen) atoms. The van der Waals surface area contributed by atoms with E-state index in [0.717, 1.165) is 18.4 Å². The summed E-state index contributed by atoms with van der Waals surface area (Å²) in [4.78, 5) is 24.8. The van der Waals surface area contributed by atoms with Gasteiger partial charge in [0.1, 0.15) is 5.41 Å². The van der Waals surface area contributed by atoms with Crippen LogP contribution in [0.15, 0.2) is 18.2 Å². The quantitative estimate of drug-likeness (QED) is 0.613. The van der Waals surface area contributed by atoms with Crippen LogP contribution >= 0.6 is 23.2 Å². The summed E-state index contributed by atoms with van der Waals surface area (Å²) < 4.78 is 5.16. The predicted octanol–water partition coefficient (Wildman–Crippen LogP) is 4.23. The second-order valence-electron chi connectivity index (χ2n) is 5.35. The molecule has 0 spiro atoms. The maximum absolute atomic E-state index is 12.4. The SMILES string of the molecule is CCOC(=O)C1(Cc2ccc(Cl)cc2Cl)CCCCC1=O. The van der Waals surface area contributed by atoms with E-state index in [-0.39, 0.29) is 18.8 Å². The summed E-state index contributed by atoms with van der Waals surface area (Å²) in [6.45, 7) is 2.01. The van der Waals surface area contributed by atoms with E-state index in [2.05, 4.69) is 0 Å². The average molecular weight is 329 g/mol. The Labute approximate surface area is 134 Å². The maximum atomic E-state index is 12.4. The van der Waals surface area contributed by atoms with E-state index in [4.69, 9.17) is 27.9 Å². The van der Waals surface area contributed by atoms with E-state index in [1.807, 2.05) is 0 Å². The van der Waals surface area contributed by atoms with Gasteiger partial charge >= 0.3 is 5.97 Å². The molecule has 1 unspecified atom stereocenters. The van der Waals surface area contributed by atoms with E-state index in [9.17, 15) is 9.59 Å². The molecule has 0 N–H and O–H groups in total. The number of hydrogen-bond donors (Lipinski definition) is 0. The number of Topliss-reactive ketones (excluding diaryl/α,β-unsaturated/α-hetero) is 1. The third-order valence-electron chi connectivity index (χ3n) is 3.96. The van der Waals surface area contributed by atoms with Gasteiger partial charge in [0.2, 0.25) is 0 Å². The lowest BCUT2D eigenvalue weighted by molar-refractivity contribution is -0.162. The lowest BCUT2D eigenvalue weighted by Crippen LogP contribution is -2.44. The largest absolute Gasteiger partial charge is 0.465 e. The highest BCUT2D eigenvalue weighted by Gasteiger charge is 2.48. The Morgan fingerprint density at radius 3 is 2.71 bits per heavy atom. The van der Waals surface area contributed by atoms with Gasteiger partial charge in [-0.2, -0.15) is 0 Å². The van der Waals surface area contributed by atoms with Crippen LogP contribution in [0, 0.1) is 5.41 Å². The molecule has 1 aromatic carbocycles. The Morgan fingerprint density at radius 2 is 2.10 bits per heavy atom. The van der Waals surface area contributed by atoms with Crippen molar-refractivity contribution in [3.63, 3.8) is 0 Å². The fourth-order valence-corrected chi connectivity index (χ4v) is 3.30. The number of carbonyl (C=O) groups excluding carboxylic acids is 2. The van der Waals surface area contributed by atoms with Crippen molar-refractivity contribution in [2.75, 3.05) is 6.61 Å². The van der Waals surface area contributed by atoms with Crippen molar-refractivity contribution in [1.29, 1.82) is 0 Å². The zero-order valence-corrected chi connectivity index (χ0v) is 13.5. The highest BCUT2D eigenvalue weighted by Crippen LogP contribution is 2.39. The zero-order chi connectivity index (χ0) is 15.5. The van der Waals surface area contributed by atoms with Gasteiger partial charge in [-0.15, -0.1) is 0 Å². The summed E-state index contributed by atoms with van der Waals surface area (Å²) in [7, 11) is 0. The second kappa shape index (κ2) is 6.80. The number of halogens is 2. The molecule has 0 saturated heterocycles. The standard InChI is InChI=1S/C16H18Cl2O3/c1-2-21-15(20)16(8-4-3-5-14(16)19)10-11-6-7-12(17)9-13(11)18/h6-7,9H,2-5,8,10H2,1H3. The van der Waals surface area contributed by atoms with Crippen molar-refractivity contribution in [3.8, 4) is 0 Å². The minimum absolute atomic E-state index is 0.0433. The van der Waals surface area contributed by atoms with Crippen molar-refractivity contribution in [3.05, 3.63) is 33.8 Å². The molecule has 0 heterocycles. The summed E-state index contributed by atoms with van der Waals surface area (Å²) >= 11 is 12.1. The van der Waals surface area contributed by atoms with Crippen LogP contribution in [0.2, 0.25) is 10.0 Å². The zero-order valence-electron chi connectivity index (χ0n) is 12.0. The number of ether oxygens (including phenoxy) is 1. The van der Waals surface area contributed by atoms with E-state index >= 15 is 0 Å². The van der Waals surface area contributed by atoms with Gasteiger partial charge < -0.3 is 4.74 Å². The molecule has 0 bridgehead atoms. The van der Waals surface area contributed by atoms with Gasteiger partial charge in [0.15, 0.2) is 5.78 Å². The molecule has 5 heteroatoms. The Balaban J connectivity index is 2.35. The lowest BCUT2D eigenvalue weighted by atomic mass is 9.69. The van der Waals surface area contributed by atoms with Crippen LogP contribution in [-0.4, -0.2) is 18.4 Å². The first-order chi connectivity index (χ1) is 9.99. The molecule has 1 fully saturated rings. The summed E-state index contributed by atoms with van der Waals surface area (Å²) in [5.41, 5.74) is -0.337. The van der Waals surface area contributed by atoms with E-state index in [1.165, 1.54) is 0 Å². The summed E-state index contributed by atoms with van der Waals surface area (Å²) in [6, 6.07) is 5.12. The van der Waals surface area contributed by atoms with Crippen molar-refractivity contribution in [2.45, 2.75) is 39.0 Å². The molecular formula is C16H18Cl2O3. The fourth-order valence-electron chi connectivity index (χ4n) is 2.83. The minimum atomic E-state index is -1.09. The second-order valence-corrected chi connectivity index (χ2v) is 6.19. The van der Waals surface area contributed by atoms with Crippen molar-refractivity contribution in [1.82, 2.24) is 0 Å². The molecular weight excluding hydrogens is 311 g/mol. The number of ketones is 1. The normalized spacial score (nSPS) is 22.1. The molecule has 3 nitrogen and oxygen atoms in total. The van der Waals surface area contributed by atoms with Crippen LogP contribution in [0.3, 0.4) is 0 Å². The number of rotatable bonds is 4. The molecule has 0 radical (unpaired) electrons. The molecule has 1 atom stereocenters. The van der Waals surface area contributed by atoms with Crippen LogP contribution in [0.4, 0.5) is 0 Å². The Morgan fingerprint density at radius 1 is 1.33 bits per heavy atom. The number of hydrogen-bond acceptors (Lipinski definition) is 3. The van der Waals surface area contributed by atoms with Gasteiger partial charge in [-0.3, -0.25) is 9.59 Å². The minimum Gasteiger partial charge on any atom is -0.465 e. The molecule has 2 rings (SSSR count). The molecule has 1 aliphatic carbocycles. The van der Waals surface area contributed by atoms with Crippen LogP contribution in [-0.2, 0) is 20.7 Å². The van der Waals surface area contributed by atoms with Gasteiger partial charge in [0, 0.05) is 16.5 Å². The first kappa shape index (κ1) is 16.3. The first-order valence-electron chi connectivity index (χ1n) is 7.14. The van der Waals surface area contributed by atoms with Crippen LogP contribution in [0.25, 0.3) is 0 Å². The van der Waals surface area contributed by atoms with E-state index < -0.39 is 11.4 Å². The fraction of sp³-hybridized carbons (Fsp3) is 0.500. The Hall–Kier alpha value is -1.06. The van der Waals surface area contributed by atoms with Gasteiger partial charge in [-0.1, -0.05) is 35.7 Å². The van der Waals surface area contributed by atoms with Gasteiger partial charge in [0.05, 0.1) is 6.61 Å². The highest BCUT2D eigenvalue weighted by molar-refractivity contribution is 6.35. The predicted molar refractivity (Wildman–Crippen MR) is 82.7 cm³/mol. The van der Waals surface area contributed by atoms with Crippen LogP contribution in [0.5, 0.6) is 0 Å².